The molecular formula is C14H19NO2. The van der Waals surface area contributed by atoms with Gasteiger partial charge in [0.1, 0.15) is 23.0 Å². The maximum absolute atomic E-state index is 5.53. The van der Waals surface area contributed by atoms with Crippen LogP contribution in [0.3, 0.4) is 0 Å². The van der Waals surface area contributed by atoms with E-state index in [0.29, 0.717) is 0 Å². The molecule has 2 aromatic heterocycles. The fourth-order valence-corrected chi connectivity index (χ4v) is 2.02. The molecule has 1 unspecified atom stereocenters. The zero-order valence-corrected chi connectivity index (χ0v) is 10.8. The number of hydrogen-bond acceptors (Lipinski definition) is 3. The molecule has 2 aromatic rings. The molecule has 1 N–H and O–H groups in total. The van der Waals surface area contributed by atoms with E-state index in [0.717, 1.165) is 29.6 Å². The molecule has 0 amide bonds. The fraction of sp³-hybridized carbons (Fsp3) is 0.429. The quantitative estimate of drug-likeness (QED) is 0.876. The number of hydrogen-bond donors (Lipinski definition) is 1. The molecule has 0 aliphatic heterocycles. The van der Waals surface area contributed by atoms with Gasteiger partial charge in [-0.15, -0.1) is 0 Å². The van der Waals surface area contributed by atoms with Gasteiger partial charge >= 0.3 is 0 Å². The molecule has 17 heavy (non-hydrogen) atoms. The van der Waals surface area contributed by atoms with Crippen molar-refractivity contribution >= 4 is 0 Å². The van der Waals surface area contributed by atoms with Crippen LogP contribution in [0.25, 0.3) is 0 Å². The minimum Gasteiger partial charge on any atom is -0.466 e. The summed E-state index contributed by atoms with van der Waals surface area (Å²) >= 11 is 0. The van der Waals surface area contributed by atoms with Crippen LogP contribution < -0.4 is 5.32 Å². The Morgan fingerprint density at radius 3 is 2.41 bits per heavy atom. The van der Waals surface area contributed by atoms with Crippen LogP contribution in [-0.2, 0) is 6.54 Å². The lowest BCUT2D eigenvalue weighted by Gasteiger charge is -2.11. The summed E-state index contributed by atoms with van der Waals surface area (Å²) in [5.74, 6) is 3.86. The summed E-state index contributed by atoms with van der Waals surface area (Å²) in [4.78, 5) is 0. The average molecular weight is 233 g/mol. The lowest BCUT2D eigenvalue weighted by atomic mass is 10.1. The lowest BCUT2D eigenvalue weighted by molar-refractivity contribution is 0.439. The molecule has 1 atom stereocenters. The van der Waals surface area contributed by atoms with Crippen molar-refractivity contribution in [3.8, 4) is 0 Å². The Hall–Kier alpha value is -1.48. The number of rotatable bonds is 4. The predicted octanol–water partition coefficient (Wildman–Crippen LogP) is 3.65. The molecule has 0 aromatic carbocycles. The third kappa shape index (κ3) is 2.80. The molecule has 3 heteroatoms. The van der Waals surface area contributed by atoms with E-state index in [-0.39, 0.29) is 6.04 Å². The highest BCUT2D eigenvalue weighted by Crippen LogP contribution is 2.21. The number of nitrogens with one attached hydrogen (secondary N) is 1. The van der Waals surface area contributed by atoms with Gasteiger partial charge in [-0.3, -0.25) is 0 Å². The minimum absolute atomic E-state index is 0.262. The predicted molar refractivity (Wildman–Crippen MR) is 66.9 cm³/mol. The average Bonchev–Trinajstić information content (AvgIpc) is 2.81. The molecule has 0 aliphatic rings. The van der Waals surface area contributed by atoms with E-state index in [1.54, 1.807) is 0 Å². The summed E-state index contributed by atoms with van der Waals surface area (Å²) in [5.41, 5.74) is 1.21. The van der Waals surface area contributed by atoms with Crippen molar-refractivity contribution in [3.63, 3.8) is 0 Å². The third-order valence-electron chi connectivity index (χ3n) is 2.92. The van der Waals surface area contributed by atoms with Crippen LogP contribution in [-0.4, -0.2) is 0 Å². The van der Waals surface area contributed by atoms with Crippen molar-refractivity contribution in [2.24, 2.45) is 0 Å². The van der Waals surface area contributed by atoms with Gasteiger partial charge in [-0.25, -0.2) is 0 Å². The Balaban J connectivity index is 1.97. The summed E-state index contributed by atoms with van der Waals surface area (Å²) in [5, 5.41) is 3.43. The first-order chi connectivity index (χ1) is 8.06. The van der Waals surface area contributed by atoms with Crippen LogP contribution in [0.15, 0.2) is 27.0 Å². The SMILES string of the molecule is Cc1ccc(CNC(C)c2cc(C)oc2C)o1. The Bertz CT molecular complexity index is 496. The maximum Gasteiger partial charge on any atom is 0.117 e. The Kier molecular flexibility index (Phi) is 3.38. The molecule has 2 rings (SSSR count). The summed E-state index contributed by atoms with van der Waals surface area (Å²) < 4.78 is 11.0. The minimum atomic E-state index is 0.262. The topological polar surface area (TPSA) is 38.3 Å². The smallest absolute Gasteiger partial charge is 0.117 e. The fourth-order valence-electron chi connectivity index (χ4n) is 2.02. The Morgan fingerprint density at radius 2 is 1.88 bits per heavy atom. The zero-order valence-electron chi connectivity index (χ0n) is 10.8. The third-order valence-corrected chi connectivity index (χ3v) is 2.92. The Labute approximate surface area is 102 Å². The monoisotopic (exact) mass is 233 g/mol. The largest absolute Gasteiger partial charge is 0.466 e. The van der Waals surface area contributed by atoms with Crippen LogP contribution in [0, 0.1) is 20.8 Å². The van der Waals surface area contributed by atoms with Crippen molar-refractivity contribution in [1.82, 2.24) is 5.32 Å². The highest BCUT2D eigenvalue weighted by molar-refractivity contribution is 5.23. The summed E-state index contributed by atoms with van der Waals surface area (Å²) in [6.45, 7) is 8.79. The van der Waals surface area contributed by atoms with Crippen LogP contribution in [0.1, 0.15) is 41.6 Å². The molecule has 0 bridgehead atoms. The molecule has 0 saturated heterocycles. The van der Waals surface area contributed by atoms with Crippen LogP contribution in [0.4, 0.5) is 0 Å². The second-order valence-corrected chi connectivity index (χ2v) is 4.48. The molecule has 0 spiro atoms. The maximum atomic E-state index is 5.53. The van der Waals surface area contributed by atoms with E-state index in [1.807, 2.05) is 32.9 Å². The Morgan fingerprint density at radius 1 is 1.12 bits per heavy atom. The second kappa shape index (κ2) is 4.80. The first-order valence-electron chi connectivity index (χ1n) is 5.92. The molecule has 0 aliphatic carbocycles. The van der Waals surface area contributed by atoms with Crippen LogP contribution in [0.5, 0.6) is 0 Å². The number of aryl methyl sites for hydroxylation is 3. The van der Waals surface area contributed by atoms with Crippen LogP contribution >= 0.6 is 0 Å². The first-order valence-corrected chi connectivity index (χ1v) is 5.92. The molecule has 3 nitrogen and oxygen atoms in total. The molecule has 92 valence electrons. The molecule has 0 fully saturated rings. The van der Waals surface area contributed by atoms with Crippen LogP contribution in [0.2, 0.25) is 0 Å². The van der Waals surface area contributed by atoms with Gasteiger partial charge in [0.2, 0.25) is 0 Å². The first kappa shape index (κ1) is 12.0. The van der Waals surface area contributed by atoms with Crippen molar-refractivity contribution in [1.29, 1.82) is 0 Å². The van der Waals surface area contributed by atoms with E-state index in [2.05, 4.69) is 18.3 Å². The van der Waals surface area contributed by atoms with Gasteiger partial charge < -0.3 is 14.2 Å². The van der Waals surface area contributed by atoms with E-state index < -0.39 is 0 Å². The van der Waals surface area contributed by atoms with E-state index >= 15 is 0 Å². The van der Waals surface area contributed by atoms with Gasteiger partial charge in [0.15, 0.2) is 0 Å². The van der Waals surface area contributed by atoms with Gasteiger partial charge in [-0.05, 0) is 45.9 Å². The highest BCUT2D eigenvalue weighted by Gasteiger charge is 2.12. The molecule has 0 radical (unpaired) electrons. The van der Waals surface area contributed by atoms with E-state index in [4.69, 9.17) is 8.83 Å². The molecule has 0 saturated carbocycles. The van der Waals surface area contributed by atoms with Crippen molar-refractivity contribution in [2.75, 3.05) is 0 Å². The van der Waals surface area contributed by atoms with Gasteiger partial charge in [0, 0.05) is 11.6 Å². The van der Waals surface area contributed by atoms with Gasteiger partial charge in [0.05, 0.1) is 6.54 Å². The normalized spacial score (nSPS) is 12.9. The van der Waals surface area contributed by atoms with Gasteiger partial charge in [-0.2, -0.15) is 0 Å². The summed E-state index contributed by atoms with van der Waals surface area (Å²) in [7, 11) is 0. The van der Waals surface area contributed by atoms with E-state index in [1.165, 1.54) is 5.56 Å². The van der Waals surface area contributed by atoms with Gasteiger partial charge in [-0.1, -0.05) is 0 Å². The lowest BCUT2D eigenvalue weighted by Crippen LogP contribution is -2.17. The van der Waals surface area contributed by atoms with Crippen molar-refractivity contribution in [3.05, 3.63) is 46.8 Å². The van der Waals surface area contributed by atoms with E-state index in [9.17, 15) is 0 Å². The van der Waals surface area contributed by atoms with Gasteiger partial charge in [0.25, 0.3) is 0 Å². The summed E-state index contributed by atoms with van der Waals surface area (Å²) in [6.07, 6.45) is 0. The standard InChI is InChI=1S/C14H19NO2/c1-9-5-6-13(17-9)8-15-11(3)14-7-10(2)16-12(14)4/h5-7,11,15H,8H2,1-4H3. The second-order valence-electron chi connectivity index (χ2n) is 4.48. The zero-order chi connectivity index (χ0) is 12.4. The summed E-state index contributed by atoms with van der Waals surface area (Å²) in [6, 6.07) is 6.33. The molecule has 2 heterocycles. The number of furan rings is 2. The van der Waals surface area contributed by atoms with Crippen molar-refractivity contribution in [2.45, 2.75) is 40.3 Å². The highest BCUT2D eigenvalue weighted by atomic mass is 16.3. The van der Waals surface area contributed by atoms with Crippen molar-refractivity contribution < 1.29 is 8.83 Å². The molecular weight excluding hydrogens is 214 g/mol.